The lowest BCUT2D eigenvalue weighted by Crippen LogP contribution is -1.87. The van der Waals surface area contributed by atoms with Crippen molar-refractivity contribution in [1.82, 2.24) is 0 Å². The zero-order valence-electron chi connectivity index (χ0n) is 39.0. The molecule has 0 aliphatic carbocycles. The Morgan fingerprint density at radius 1 is 0.274 bits per heavy atom. The summed E-state index contributed by atoms with van der Waals surface area (Å²) in [7, 11) is 0. The van der Waals surface area contributed by atoms with Crippen molar-refractivity contribution in [1.29, 1.82) is 0 Å². The second-order valence-electron chi connectivity index (χ2n) is 17.9. The molecule has 6 heteroatoms. The molecule has 6 aromatic rings. The molecule has 6 rings (SSSR count). The van der Waals surface area contributed by atoms with Gasteiger partial charge in [-0.25, -0.2) is 0 Å². The minimum absolute atomic E-state index is 1.19. The molecule has 0 aromatic carbocycles. The predicted molar refractivity (Wildman–Crippen MR) is 289 cm³/mol. The number of hydrogen-bond acceptors (Lipinski definition) is 6. The molecule has 0 N–H and O–H groups in total. The summed E-state index contributed by atoms with van der Waals surface area (Å²) in [6.07, 6.45) is 37.3. The third-order valence-corrected chi connectivity index (χ3v) is 20.0. The Morgan fingerprint density at radius 2 is 0.581 bits per heavy atom. The monoisotopic (exact) mass is 942 g/mol. The molecule has 0 aliphatic rings. The van der Waals surface area contributed by atoms with Crippen molar-refractivity contribution in [3.8, 4) is 48.8 Å². The van der Waals surface area contributed by atoms with E-state index in [1.807, 2.05) is 45.3 Å². The highest BCUT2D eigenvalue weighted by Crippen LogP contribution is 2.49. The largest absolute Gasteiger partial charge is 0.143 e. The first-order valence-corrected chi connectivity index (χ1v) is 30.3. The standard InChI is InChI=1S/C56H78S6/c1-5-9-13-17-21-25-29-43-37-39-57-53(43)51-41-45(31-27-23-19-15-11-7-3)55(61-51)49-35-33-47(59-49)48-34-36-50(60-48)56-46(32-28-24-20-16-12-8-4)42-52(62-56)54-44(38-40-58-54)30-26-22-18-14-10-6-2/h33-42H,5-32H2,1-4H3. The van der Waals surface area contributed by atoms with Crippen LogP contribution in [0.4, 0.5) is 0 Å². The van der Waals surface area contributed by atoms with Gasteiger partial charge in [0, 0.05) is 48.8 Å². The molecule has 0 fully saturated rings. The second kappa shape index (κ2) is 28.3. The first kappa shape index (κ1) is 49.6. The van der Waals surface area contributed by atoms with Crippen LogP contribution in [0.25, 0.3) is 48.8 Å². The third-order valence-electron chi connectivity index (χ3n) is 12.7. The number of rotatable bonds is 33. The van der Waals surface area contributed by atoms with E-state index in [1.54, 1.807) is 22.3 Å². The van der Waals surface area contributed by atoms with Crippen LogP contribution in [0, 0.1) is 0 Å². The van der Waals surface area contributed by atoms with Crippen molar-refractivity contribution < 1.29 is 0 Å². The van der Waals surface area contributed by atoms with Crippen LogP contribution < -0.4 is 0 Å². The van der Waals surface area contributed by atoms with Crippen LogP contribution in [0.3, 0.4) is 0 Å². The molecule has 6 aromatic heterocycles. The quantitative estimate of drug-likeness (QED) is 0.0361. The van der Waals surface area contributed by atoms with E-state index in [2.05, 4.69) is 110 Å². The molecule has 6 heterocycles. The Balaban J connectivity index is 1.21. The predicted octanol–water partition coefficient (Wildman–Crippen LogP) is 22.0. The van der Waals surface area contributed by atoms with Crippen molar-refractivity contribution in [2.45, 2.75) is 207 Å². The van der Waals surface area contributed by atoms with E-state index in [0.717, 1.165) is 0 Å². The maximum atomic E-state index is 2.59. The normalized spacial score (nSPS) is 11.7. The summed E-state index contributed by atoms with van der Waals surface area (Å²) >= 11 is 12.1. The lowest BCUT2D eigenvalue weighted by molar-refractivity contribution is 0.608. The highest BCUT2D eigenvalue weighted by molar-refractivity contribution is 7.30. The molecule has 0 amide bonds. The summed E-state index contributed by atoms with van der Waals surface area (Å²) in [5.74, 6) is 0. The molecule has 0 saturated heterocycles. The first-order chi connectivity index (χ1) is 30.6. The van der Waals surface area contributed by atoms with Crippen molar-refractivity contribution >= 4 is 68.0 Å². The van der Waals surface area contributed by atoms with Crippen LogP contribution in [0.1, 0.15) is 204 Å². The number of unbranched alkanes of at least 4 members (excludes halogenated alkanes) is 20. The molecular formula is C56H78S6. The van der Waals surface area contributed by atoms with Gasteiger partial charge in [-0.05, 0) is 133 Å². The molecule has 0 atom stereocenters. The molecular weight excluding hydrogens is 865 g/mol. The number of aryl methyl sites for hydroxylation is 4. The lowest BCUT2D eigenvalue weighted by Gasteiger charge is -2.03. The average molecular weight is 944 g/mol. The smallest absolute Gasteiger partial charge is 0.0481 e. The van der Waals surface area contributed by atoms with Gasteiger partial charge in [0.2, 0.25) is 0 Å². The number of hydrogen-bond donors (Lipinski definition) is 0. The highest BCUT2D eigenvalue weighted by atomic mass is 32.1. The van der Waals surface area contributed by atoms with Gasteiger partial charge in [0.1, 0.15) is 0 Å². The fourth-order valence-electron chi connectivity index (χ4n) is 8.94. The summed E-state index contributed by atoms with van der Waals surface area (Å²) in [6, 6.07) is 19.8. The molecule has 0 nitrogen and oxygen atoms in total. The summed E-state index contributed by atoms with van der Waals surface area (Å²) in [6.45, 7) is 9.27. The fraction of sp³-hybridized carbons (Fsp3) is 0.571. The maximum absolute atomic E-state index is 2.59. The van der Waals surface area contributed by atoms with Gasteiger partial charge in [0.15, 0.2) is 0 Å². The Morgan fingerprint density at radius 3 is 0.935 bits per heavy atom. The minimum atomic E-state index is 1.19. The third kappa shape index (κ3) is 15.1. The molecule has 0 radical (unpaired) electrons. The van der Waals surface area contributed by atoms with Crippen LogP contribution in [0.2, 0.25) is 0 Å². The van der Waals surface area contributed by atoms with Gasteiger partial charge >= 0.3 is 0 Å². The van der Waals surface area contributed by atoms with E-state index in [4.69, 9.17) is 0 Å². The van der Waals surface area contributed by atoms with E-state index >= 15 is 0 Å². The van der Waals surface area contributed by atoms with Crippen molar-refractivity contribution in [3.63, 3.8) is 0 Å². The van der Waals surface area contributed by atoms with Crippen molar-refractivity contribution in [2.75, 3.05) is 0 Å². The minimum Gasteiger partial charge on any atom is -0.143 e. The summed E-state index contributed by atoms with van der Waals surface area (Å²) in [5, 5.41) is 4.69. The Labute approximate surface area is 402 Å². The van der Waals surface area contributed by atoms with Gasteiger partial charge in [0.05, 0.1) is 0 Å². The molecule has 338 valence electrons. The van der Waals surface area contributed by atoms with Gasteiger partial charge in [0.25, 0.3) is 0 Å². The van der Waals surface area contributed by atoms with Gasteiger partial charge in [-0.1, -0.05) is 156 Å². The van der Waals surface area contributed by atoms with E-state index < -0.39 is 0 Å². The molecule has 0 unspecified atom stereocenters. The van der Waals surface area contributed by atoms with Crippen molar-refractivity contribution in [2.24, 2.45) is 0 Å². The van der Waals surface area contributed by atoms with E-state index in [0.29, 0.717) is 0 Å². The second-order valence-corrected chi connectivity index (χ2v) is 24.0. The average Bonchev–Trinajstić information content (AvgIpc) is 4.14. The van der Waals surface area contributed by atoms with Crippen LogP contribution in [-0.2, 0) is 25.7 Å². The first-order valence-electron chi connectivity index (χ1n) is 25.2. The SMILES string of the molecule is CCCCCCCCc1ccsc1-c1cc(CCCCCCCC)c(-c2ccc(-c3ccc(-c4sc(-c5sccc5CCCCCCCC)cc4CCCCCCCC)s3)s2)s1. The maximum Gasteiger partial charge on any atom is 0.0481 e. The number of thiophene rings is 6. The van der Waals surface area contributed by atoms with Crippen LogP contribution in [0.5, 0.6) is 0 Å². The Kier molecular flexibility index (Phi) is 22.6. The van der Waals surface area contributed by atoms with E-state index in [1.165, 1.54) is 229 Å². The zero-order chi connectivity index (χ0) is 43.2. The molecule has 0 spiro atoms. The Hall–Kier alpha value is -1.80. The topological polar surface area (TPSA) is 0 Å². The molecule has 0 bridgehead atoms. The van der Waals surface area contributed by atoms with Crippen LogP contribution >= 0.6 is 68.0 Å². The van der Waals surface area contributed by atoms with Gasteiger partial charge in [-0.2, -0.15) is 0 Å². The van der Waals surface area contributed by atoms with Gasteiger partial charge in [-0.3, -0.25) is 0 Å². The van der Waals surface area contributed by atoms with Gasteiger partial charge in [-0.15, -0.1) is 68.0 Å². The van der Waals surface area contributed by atoms with Crippen LogP contribution in [-0.4, -0.2) is 0 Å². The van der Waals surface area contributed by atoms with Gasteiger partial charge < -0.3 is 0 Å². The summed E-state index contributed by atoms with van der Waals surface area (Å²) in [5.41, 5.74) is 6.30. The summed E-state index contributed by atoms with van der Waals surface area (Å²) in [4.78, 5) is 14.9. The van der Waals surface area contributed by atoms with E-state index in [9.17, 15) is 0 Å². The highest BCUT2D eigenvalue weighted by Gasteiger charge is 2.20. The molecule has 62 heavy (non-hydrogen) atoms. The summed E-state index contributed by atoms with van der Waals surface area (Å²) < 4.78 is 0. The molecule has 0 aliphatic heterocycles. The van der Waals surface area contributed by atoms with E-state index in [-0.39, 0.29) is 0 Å². The van der Waals surface area contributed by atoms with Crippen LogP contribution in [0.15, 0.2) is 59.3 Å². The van der Waals surface area contributed by atoms with Crippen molar-refractivity contribution in [3.05, 3.63) is 81.5 Å². The molecule has 0 saturated carbocycles. The fourth-order valence-corrected chi connectivity index (χ4v) is 16.0. The Bertz CT molecular complexity index is 1940. The lowest BCUT2D eigenvalue weighted by atomic mass is 10.0. The zero-order valence-corrected chi connectivity index (χ0v) is 43.9.